The largest absolute Gasteiger partial charge is 0.496 e. The summed E-state index contributed by atoms with van der Waals surface area (Å²) in [5.41, 5.74) is 5.99. The van der Waals surface area contributed by atoms with Crippen LogP contribution in [-0.2, 0) is 17.6 Å². The number of aryl methyl sites for hydroxylation is 1. The van der Waals surface area contributed by atoms with Gasteiger partial charge < -0.3 is 14.8 Å². The van der Waals surface area contributed by atoms with E-state index in [4.69, 9.17) is 9.47 Å². The highest BCUT2D eigenvalue weighted by atomic mass is 16.6. The lowest BCUT2D eigenvalue weighted by Crippen LogP contribution is -2.53. The van der Waals surface area contributed by atoms with E-state index in [1.807, 2.05) is 0 Å². The molecular weight excluding hydrogens is 448 g/mol. The third kappa shape index (κ3) is 5.13. The van der Waals surface area contributed by atoms with E-state index >= 15 is 0 Å². The zero-order valence-electron chi connectivity index (χ0n) is 22.6. The van der Waals surface area contributed by atoms with E-state index < -0.39 is 0 Å². The third-order valence-electron chi connectivity index (χ3n) is 8.62. The fourth-order valence-corrected chi connectivity index (χ4v) is 6.44. The van der Waals surface area contributed by atoms with Gasteiger partial charge in [-0.1, -0.05) is 52.0 Å². The van der Waals surface area contributed by atoms with Crippen molar-refractivity contribution in [3.05, 3.63) is 53.1 Å². The van der Waals surface area contributed by atoms with Crippen LogP contribution in [0.4, 0.5) is 4.79 Å². The van der Waals surface area contributed by atoms with Crippen LogP contribution in [0.3, 0.4) is 0 Å². The lowest BCUT2D eigenvalue weighted by Gasteiger charge is -2.44. The van der Waals surface area contributed by atoms with Crippen molar-refractivity contribution in [3.63, 3.8) is 0 Å². The van der Waals surface area contributed by atoms with E-state index in [0.717, 1.165) is 68.6 Å². The van der Waals surface area contributed by atoms with Gasteiger partial charge in [-0.15, -0.1) is 0 Å². The summed E-state index contributed by atoms with van der Waals surface area (Å²) in [6.07, 6.45) is 5.06. The molecule has 0 spiro atoms. The number of benzene rings is 2. The number of fused-ring (bicyclic) bond motifs is 4. The minimum Gasteiger partial charge on any atom is -0.496 e. The number of hydrogen-bond donors (Lipinski definition) is 1. The van der Waals surface area contributed by atoms with Crippen LogP contribution in [-0.4, -0.2) is 43.8 Å². The maximum absolute atomic E-state index is 13.1. The molecule has 1 amide bonds. The van der Waals surface area contributed by atoms with Gasteiger partial charge in [0.1, 0.15) is 11.9 Å². The summed E-state index contributed by atoms with van der Waals surface area (Å²) >= 11 is 0. The first kappa shape index (κ1) is 25.1. The van der Waals surface area contributed by atoms with E-state index in [2.05, 4.69) is 74.3 Å². The maximum Gasteiger partial charge on any atom is 0.407 e. The van der Waals surface area contributed by atoms with Crippen LogP contribution >= 0.6 is 0 Å². The number of carbonyl (C=O) groups excluding carboxylic acids is 1. The number of carbonyl (C=O) groups is 1. The summed E-state index contributed by atoms with van der Waals surface area (Å²) in [6.45, 7) is 12.1. The summed E-state index contributed by atoms with van der Waals surface area (Å²) in [7, 11) is 1.73. The van der Waals surface area contributed by atoms with Crippen LogP contribution in [0.1, 0.15) is 69.7 Å². The zero-order valence-corrected chi connectivity index (χ0v) is 22.6. The van der Waals surface area contributed by atoms with Crippen molar-refractivity contribution >= 4 is 6.09 Å². The van der Waals surface area contributed by atoms with Gasteiger partial charge in [0.05, 0.1) is 13.2 Å². The minimum atomic E-state index is -0.288. The molecule has 36 heavy (non-hydrogen) atoms. The molecule has 6 rings (SSSR count). The Morgan fingerprint density at radius 3 is 2.47 bits per heavy atom. The molecular formula is C31H42N2O3. The number of amides is 1. The van der Waals surface area contributed by atoms with Crippen molar-refractivity contribution in [2.45, 2.75) is 71.9 Å². The average Bonchev–Trinajstić information content (AvgIpc) is 2.86. The van der Waals surface area contributed by atoms with E-state index in [1.54, 1.807) is 7.11 Å². The Labute approximate surface area is 216 Å². The SMILES string of the molecule is COc1cc2c(cc1-c1ccc(CC(C)C)cc1)CCC(C)(C)C2NC(=O)O[C@H]1CN2CCC1CC2. The number of alkyl carbamates (subject to hydrolysis) is 1. The highest BCUT2D eigenvalue weighted by Gasteiger charge is 2.40. The predicted octanol–water partition coefficient (Wildman–Crippen LogP) is 6.39. The summed E-state index contributed by atoms with van der Waals surface area (Å²) in [4.78, 5) is 15.5. The first-order valence-electron chi connectivity index (χ1n) is 13.7. The topological polar surface area (TPSA) is 50.8 Å². The Kier molecular flexibility index (Phi) is 7.04. The van der Waals surface area contributed by atoms with E-state index in [-0.39, 0.29) is 23.7 Å². The molecule has 0 radical (unpaired) electrons. The number of rotatable bonds is 6. The molecule has 3 aliphatic heterocycles. The van der Waals surface area contributed by atoms with Crippen LogP contribution in [0, 0.1) is 17.3 Å². The highest BCUT2D eigenvalue weighted by molar-refractivity contribution is 5.74. The molecule has 2 bridgehead atoms. The van der Waals surface area contributed by atoms with E-state index in [0.29, 0.717) is 11.8 Å². The van der Waals surface area contributed by atoms with Crippen LogP contribution in [0.2, 0.25) is 0 Å². The Bertz CT molecular complexity index is 1080. The molecule has 2 aromatic carbocycles. The smallest absolute Gasteiger partial charge is 0.407 e. The average molecular weight is 491 g/mol. The summed E-state index contributed by atoms with van der Waals surface area (Å²) in [6, 6.07) is 13.2. The quantitative estimate of drug-likeness (QED) is 0.509. The molecule has 5 heteroatoms. The molecule has 3 heterocycles. The van der Waals surface area contributed by atoms with Gasteiger partial charge in [0.25, 0.3) is 0 Å². The molecule has 5 nitrogen and oxygen atoms in total. The van der Waals surface area contributed by atoms with Gasteiger partial charge in [-0.05, 0) is 96.8 Å². The molecule has 3 saturated heterocycles. The van der Waals surface area contributed by atoms with Crippen LogP contribution in [0.5, 0.6) is 5.75 Å². The molecule has 194 valence electrons. The molecule has 2 atom stereocenters. The van der Waals surface area contributed by atoms with Crippen molar-refractivity contribution in [1.29, 1.82) is 0 Å². The van der Waals surface area contributed by atoms with Crippen LogP contribution in [0.15, 0.2) is 36.4 Å². The Morgan fingerprint density at radius 1 is 1.14 bits per heavy atom. The molecule has 1 N–H and O–H groups in total. The first-order chi connectivity index (χ1) is 17.2. The number of ether oxygens (including phenoxy) is 2. The summed E-state index contributed by atoms with van der Waals surface area (Å²) in [5.74, 6) is 1.99. The van der Waals surface area contributed by atoms with E-state index in [1.165, 1.54) is 16.7 Å². The summed E-state index contributed by atoms with van der Waals surface area (Å²) < 4.78 is 11.9. The van der Waals surface area contributed by atoms with Gasteiger partial charge in [0.15, 0.2) is 0 Å². The zero-order chi connectivity index (χ0) is 25.4. The second-order valence-electron chi connectivity index (χ2n) is 12.2. The lowest BCUT2D eigenvalue weighted by atomic mass is 9.70. The predicted molar refractivity (Wildman–Crippen MR) is 144 cm³/mol. The number of piperidine rings is 3. The van der Waals surface area contributed by atoms with Gasteiger partial charge in [0, 0.05) is 12.1 Å². The minimum absolute atomic E-state index is 0.00857. The normalized spacial score (nSPS) is 26.4. The molecule has 1 unspecified atom stereocenters. The van der Waals surface area contributed by atoms with Crippen molar-refractivity contribution in [3.8, 4) is 16.9 Å². The lowest BCUT2D eigenvalue weighted by molar-refractivity contribution is -0.0353. The fraction of sp³-hybridized carbons (Fsp3) is 0.581. The van der Waals surface area contributed by atoms with Crippen molar-refractivity contribution in [2.24, 2.45) is 17.3 Å². The Morgan fingerprint density at radius 2 is 1.86 bits per heavy atom. The second-order valence-corrected chi connectivity index (χ2v) is 12.2. The van der Waals surface area contributed by atoms with Crippen molar-refractivity contribution in [1.82, 2.24) is 10.2 Å². The molecule has 0 aromatic heterocycles. The highest BCUT2D eigenvalue weighted by Crippen LogP contribution is 2.47. The van der Waals surface area contributed by atoms with Gasteiger partial charge in [-0.25, -0.2) is 4.79 Å². The monoisotopic (exact) mass is 490 g/mol. The Hall–Kier alpha value is -2.53. The maximum atomic E-state index is 13.1. The number of nitrogens with zero attached hydrogens (tertiary/aromatic N) is 1. The van der Waals surface area contributed by atoms with Crippen molar-refractivity contribution in [2.75, 3.05) is 26.7 Å². The van der Waals surface area contributed by atoms with Gasteiger partial charge in [0.2, 0.25) is 0 Å². The van der Waals surface area contributed by atoms with Gasteiger partial charge >= 0.3 is 6.09 Å². The molecule has 1 aliphatic carbocycles. The van der Waals surface area contributed by atoms with E-state index in [9.17, 15) is 4.79 Å². The summed E-state index contributed by atoms with van der Waals surface area (Å²) in [5, 5.41) is 3.27. The first-order valence-corrected chi connectivity index (χ1v) is 13.7. The van der Waals surface area contributed by atoms with Gasteiger partial charge in [-0.2, -0.15) is 0 Å². The number of methoxy groups -OCH3 is 1. The van der Waals surface area contributed by atoms with Gasteiger partial charge in [-0.3, -0.25) is 4.90 Å². The standard InChI is InChI=1S/C31H42N2O3/c1-20(2)16-21-6-8-22(9-7-21)25-17-24-10-13-31(3,4)29(26(24)18-27(25)35-5)32-30(34)36-28-19-33-14-11-23(28)12-15-33/h6-9,17-18,20,23,28-29H,10-16,19H2,1-5H3,(H,32,34)/t28-,29?/m0/s1. The molecule has 3 fully saturated rings. The molecule has 0 saturated carbocycles. The third-order valence-corrected chi connectivity index (χ3v) is 8.62. The second kappa shape index (κ2) is 10.1. The number of hydrogen-bond acceptors (Lipinski definition) is 4. The van der Waals surface area contributed by atoms with Crippen molar-refractivity contribution < 1.29 is 14.3 Å². The molecule has 4 aliphatic rings. The number of nitrogens with one attached hydrogen (secondary N) is 1. The molecule has 2 aromatic rings. The Balaban J connectivity index is 1.39. The van der Waals surface area contributed by atoms with Crippen LogP contribution in [0.25, 0.3) is 11.1 Å². The van der Waals surface area contributed by atoms with Crippen LogP contribution < -0.4 is 10.1 Å². The fourth-order valence-electron chi connectivity index (χ4n) is 6.44.